The fourth-order valence-corrected chi connectivity index (χ4v) is 5.47. The molecule has 0 saturated heterocycles. The second-order valence-electron chi connectivity index (χ2n) is 7.75. The van der Waals surface area contributed by atoms with Gasteiger partial charge in [0, 0.05) is 23.6 Å². The molecule has 0 radical (unpaired) electrons. The standard InChI is InChI=1S/C25H22ClFN4O4S2/c1-14-21(15-7-5-4-6-8-15)22(24(33)34-3)23(37-14)28-20(32)13-36-25-30-29-19(31(25)2)12-35-16-9-10-18(27)17(26)11-16/h4-11H,12-13H2,1-3H3,(H,28,32). The van der Waals surface area contributed by atoms with Crippen LogP contribution in [0, 0.1) is 12.7 Å². The largest absolute Gasteiger partial charge is 0.486 e. The maximum absolute atomic E-state index is 13.3. The number of carbonyl (C=O) groups excluding carboxylic acids is 2. The van der Waals surface area contributed by atoms with E-state index in [0.29, 0.717) is 27.3 Å². The first kappa shape index (κ1) is 26.6. The average molecular weight is 561 g/mol. The summed E-state index contributed by atoms with van der Waals surface area (Å²) >= 11 is 8.29. The number of aromatic nitrogens is 3. The van der Waals surface area contributed by atoms with E-state index < -0.39 is 11.8 Å². The summed E-state index contributed by atoms with van der Waals surface area (Å²) in [6, 6.07) is 13.5. The van der Waals surface area contributed by atoms with E-state index in [1.807, 2.05) is 37.3 Å². The summed E-state index contributed by atoms with van der Waals surface area (Å²) in [4.78, 5) is 26.3. The van der Waals surface area contributed by atoms with E-state index in [9.17, 15) is 14.0 Å². The van der Waals surface area contributed by atoms with Crippen LogP contribution in [0.1, 0.15) is 21.1 Å². The Morgan fingerprint density at radius 1 is 1.19 bits per heavy atom. The van der Waals surface area contributed by atoms with Gasteiger partial charge in [0.2, 0.25) is 5.91 Å². The molecule has 12 heteroatoms. The summed E-state index contributed by atoms with van der Waals surface area (Å²) in [5.74, 6) is -0.414. The van der Waals surface area contributed by atoms with Crippen molar-refractivity contribution in [2.45, 2.75) is 18.7 Å². The topological polar surface area (TPSA) is 95.3 Å². The Bertz CT molecular complexity index is 1440. The van der Waals surface area contributed by atoms with Crippen molar-refractivity contribution in [2.75, 3.05) is 18.2 Å². The van der Waals surface area contributed by atoms with Crippen LogP contribution in [0.15, 0.2) is 53.7 Å². The van der Waals surface area contributed by atoms with Gasteiger partial charge in [0.25, 0.3) is 0 Å². The van der Waals surface area contributed by atoms with Crippen LogP contribution in [-0.2, 0) is 23.2 Å². The van der Waals surface area contributed by atoms with Gasteiger partial charge in [-0.15, -0.1) is 21.5 Å². The van der Waals surface area contributed by atoms with Crippen molar-refractivity contribution in [3.05, 3.63) is 75.6 Å². The highest BCUT2D eigenvalue weighted by atomic mass is 35.5. The lowest BCUT2D eigenvalue weighted by atomic mass is 10.0. The monoisotopic (exact) mass is 560 g/mol. The van der Waals surface area contributed by atoms with Gasteiger partial charge in [0.05, 0.1) is 17.9 Å². The van der Waals surface area contributed by atoms with Crippen LogP contribution in [0.4, 0.5) is 9.39 Å². The van der Waals surface area contributed by atoms with E-state index in [0.717, 1.165) is 16.0 Å². The maximum Gasteiger partial charge on any atom is 0.341 e. The van der Waals surface area contributed by atoms with Crippen LogP contribution in [0.3, 0.4) is 0 Å². The van der Waals surface area contributed by atoms with Gasteiger partial charge in [0.1, 0.15) is 28.7 Å². The summed E-state index contributed by atoms with van der Waals surface area (Å²) < 4.78 is 25.6. The number of nitrogens with one attached hydrogen (secondary N) is 1. The van der Waals surface area contributed by atoms with Gasteiger partial charge in [-0.3, -0.25) is 4.79 Å². The third-order valence-electron chi connectivity index (χ3n) is 5.31. The number of anilines is 1. The Hall–Kier alpha value is -3.41. The van der Waals surface area contributed by atoms with Gasteiger partial charge < -0.3 is 19.4 Å². The number of benzene rings is 2. The molecule has 2 aromatic carbocycles. The first-order valence-corrected chi connectivity index (χ1v) is 13.1. The highest BCUT2D eigenvalue weighted by Gasteiger charge is 2.25. The number of ether oxygens (including phenoxy) is 2. The Morgan fingerprint density at radius 3 is 2.65 bits per heavy atom. The molecular weight excluding hydrogens is 539 g/mol. The molecule has 37 heavy (non-hydrogen) atoms. The molecule has 1 amide bonds. The Morgan fingerprint density at radius 2 is 1.95 bits per heavy atom. The summed E-state index contributed by atoms with van der Waals surface area (Å²) in [7, 11) is 3.06. The summed E-state index contributed by atoms with van der Waals surface area (Å²) in [6.45, 7) is 1.98. The first-order chi connectivity index (χ1) is 17.8. The summed E-state index contributed by atoms with van der Waals surface area (Å²) in [5.41, 5.74) is 1.93. The van der Waals surface area contributed by atoms with Gasteiger partial charge >= 0.3 is 5.97 Å². The molecule has 2 heterocycles. The molecule has 8 nitrogen and oxygen atoms in total. The van der Waals surface area contributed by atoms with E-state index in [4.69, 9.17) is 21.1 Å². The number of hydrogen-bond acceptors (Lipinski definition) is 8. The number of methoxy groups -OCH3 is 1. The number of hydrogen-bond donors (Lipinski definition) is 1. The van der Waals surface area contributed by atoms with Crippen LogP contribution in [0.2, 0.25) is 5.02 Å². The second-order valence-corrected chi connectivity index (χ2v) is 10.3. The van der Waals surface area contributed by atoms with Crippen LogP contribution in [0.5, 0.6) is 5.75 Å². The minimum atomic E-state index is -0.530. The van der Waals surface area contributed by atoms with Crippen LogP contribution in [0.25, 0.3) is 11.1 Å². The zero-order valence-electron chi connectivity index (χ0n) is 20.1. The normalized spacial score (nSPS) is 10.8. The third-order valence-corrected chi connectivity index (χ3v) is 7.64. The molecule has 0 fully saturated rings. The number of halogens is 2. The lowest BCUT2D eigenvalue weighted by molar-refractivity contribution is -0.113. The highest BCUT2D eigenvalue weighted by molar-refractivity contribution is 7.99. The number of thioether (sulfide) groups is 1. The first-order valence-electron chi connectivity index (χ1n) is 10.9. The number of rotatable bonds is 9. The summed E-state index contributed by atoms with van der Waals surface area (Å²) in [6.07, 6.45) is 0. The van der Waals surface area contributed by atoms with Gasteiger partial charge in [-0.05, 0) is 24.6 Å². The van der Waals surface area contributed by atoms with Crippen molar-refractivity contribution in [1.82, 2.24) is 14.8 Å². The predicted octanol–water partition coefficient (Wildman–Crippen LogP) is 5.74. The number of amides is 1. The number of carbonyl (C=O) groups is 2. The Kier molecular flexibility index (Phi) is 8.47. The number of thiophene rings is 1. The second kappa shape index (κ2) is 11.8. The lowest BCUT2D eigenvalue weighted by Gasteiger charge is -2.08. The van der Waals surface area contributed by atoms with E-state index in [1.54, 1.807) is 11.6 Å². The molecule has 0 spiro atoms. The minimum Gasteiger partial charge on any atom is -0.486 e. The summed E-state index contributed by atoms with van der Waals surface area (Å²) in [5, 5.41) is 12.0. The van der Waals surface area contributed by atoms with E-state index in [1.165, 1.54) is 48.4 Å². The van der Waals surface area contributed by atoms with Crippen molar-refractivity contribution in [3.63, 3.8) is 0 Å². The molecule has 1 N–H and O–H groups in total. The third kappa shape index (κ3) is 6.12. The van der Waals surface area contributed by atoms with Crippen LogP contribution >= 0.6 is 34.7 Å². The average Bonchev–Trinajstić information content (AvgIpc) is 3.41. The molecule has 0 atom stereocenters. The van der Waals surface area contributed by atoms with Crippen LogP contribution < -0.4 is 10.1 Å². The highest BCUT2D eigenvalue weighted by Crippen LogP contribution is 2.40. The fraction of sp³-hybridized carbons (Fsp3) is 0.200. The van der Waals surface area contributed by atoms with E-state index in [-0.39, 0.29) is 23.3 Å². The van der Waals surface area contributed by atoms with Crippen molar-refractivity contribution in [1.29, 1.82) is 0 Å². The van der Waals surface area contributed by atoms with Crippen molar-refractivity contribution in [3.8, 4) is 16.9 Å². The number of esters is 1. The van der Waals surface area contributed by atoms with Gasteiger partial charge in [-0.25, -0.2) is 9.18 Å². The van der Waals surface area contributed by atoms with Gasteiger partial charge in [0.15, 0.2) is 11.0 Å². The Balaban J connectivity index is 1.42. The zero-order valence-corrected chi connectivity index (χ0v) is 22.5. The molecule has 4 rings (SSSR count). The van der Waals surface area contributed by atoms with Crippen LogP contribution in [-0.4, -0.2) is 39.5 Å². The molecule has 0 aliphatic rings. The SMILES string of the molecule is COC(=O)c1c(NC(=O)CSc2nnc(COc3ccc(F)c(Cl)c3)n2C)sc(C)c1-c1ccccc1. The zero-order chi connectivity index (χ0) is 26.5. The molecule has 0 saturated carbocycles. The minimum absolute atomic E-state index is 0.0371. The molecule has 0 unspecified atom stereocenters. The smallest absolute Gasteiger partial charge is 0.341 e. The molecule has 0 aliphatic heterocycles. The number of aryl methyl sites for hydroxylation is 1. The molecular formula is C25H22ClFN4O4S2. The molecule has 192 valence electrons. The predicted molar refractivity (Wildman–Crippen MR) is 142 cm³/mol. The number of nitrogens with zero attached hydrogens (tertiary/aromatic N) is 3. The molecule has 2 aromatic heterocycles. The molecule has 0 aliphatic carbocycles. The van der Waals surface area contributed by atoms with Crippen molar-refractivity contribution in [2.24, 2.45) is 7.05 Å². The Labute approximate surface area is 225 Å². The van der Waals surface area contributed by atoms with Gasteiger partial charge in [-0.1, -0.05) is 53.7 Å². The van der Waals surface area contributed by atoms with Gasteiger partial charge in [-0.2, -0.15) is 0 Å². The fourth-order valence-electron chi connectivity index (χ4n) is 3.49. The van der Waals surface area contributed by atoms with E-state index in [2.05, 4.69) is 15.5 Å². The molecule has 0 bridgehead atoms. The molecule has 4 aromatic rings. The quantitative estimate of drug-likeness (QED) is 0.206. The van der Waals surface area contributed by atoms with E-state index >= 15 is 0 Å². The van der Waals surface area contributed by atoms with Crippen molar-refractivity contribution >= 4 is 51.6 Å². The maximum atomic E-state index is 13.3. The lowest BCUT2D eigenvalue weighted by Crippen LogP contribution is -2.16. The van der Waals surface area contributed by atoms with Crippen molar-refractivity contribution < 1.29 is 23.5 Å².